The van der Waals surface area contributed by atoms with Gasteiger partial charge in [-0.3, -0.25) is 0 Å². The van der Waals surface area contributed by atoms with Gasteiger partial charge in [-0.1, -0.05) is 30.3 Å². The average molecular weight is 395 g/mol. The van der Waals surface area contributed by atoms with Crippen LogP contribution in [0.25, 0.3) is 0 Å². The van der Waals surface area contributed by atoms with Crippen LogP contribution >= 0.6 is 0 Å². The molecule has 1 heterocycles. The number of para-hydroxylation sites is 3. The molecule has 9 nitrogen and oxygen atoms in total. The third-order valence-electron chi connectivity index (χ3n) is 3.85. The highest BCUT2D eigenvalue weighted by Crippen LogP contribution is 2.25. The molecule has 3 N–H and O–H groups in total. The van der Waals surface area contributed by atoms with Gasteiger partial charge in [-0.25, -0.2) is 4.79 Å². The maximum atomic E-state index is 12.0. The number of benzene rings is 2. The Labute approximate surface area is 167 Å². The number of hydrogen-bond donors (Lipinski definition) is 2. The maximum absolute atomic E-state index is 12.0. The molecule has 0 fully saturated rings. The van der Waals surface area contributed by atoms with Crippen molar-refractivity contribution in [3.63, 3.8) is 0 Å². The van der Waals surface area contributed by atoms with Crippen LogP contribution in [0.4, 0.5) is 17.6 Å². The second-order valence-electron chi connectivity index (χ2n) is 5.97. The molecular formula is C20H21N5O4. The highest BCUT2D eigenvalue weighted by molar-refractivity contribution is 5.71. The Morgan fingerprint density at radius 2 is 1.76 bits per heavy atom. The molecule has 3 aromatic rings. The van der Waals surface area contributed by atoms with Crippen LogP contribution in [-0.4, -0.2) is 34.6 Å². The lowest BCUT2D eigenvalue weighted by Gasteiger charge is -2.11. The minimum atomic E-state index is -0.550. The van der Waals surface area contributed by atoms with E-state index in [-0.39, 0.29) is 30.9 Å². The maximum Gasteiger partial charge on any atom is 0.344 e. The number of hydrogen-bond acceptors (Lipinski definition) is 9. The summed E-state index contributed by atoms with van der Waals surface area (Å²) >= 11 is 0. The SMILES string of the molecule is COc1ccccc1Nc1nc(N)nc(COC(=O)COc2ccccc2C)n1. The molecule has 1 aromatic heterocycles. The molecule has 29 heavy (non-hydrogen) atoms. The number of methoxy groups -OCH3 is 1. The summed E-state index contributed by atoms with van der Waals surface area (Å²) in [5, 5.41) is 3.01. The number of aryl methyl sites for hydroxylation is 1. The van der Waals surface area contributed by atoms with Gasteiger partial charge >= 0.3 is 5.97 Å². The number of anilines is 3. The van der Waals surface area contributed by atoms with Crippen LogP contribution in [0.2, 0.25) is 0 Å². The third-order valence-corrected chi connectivity index (χ3v) is 3.85. The van der Waals surface area contributed by atoms with Gasteiger partial charge in [-0.2, -0.15) is 15.0 Å². The molecule has 0 unspecified atom stereocenters. The lowest BCUT2D eigenvalue weighted by Crippen LogP contribution is -2.16. The van der Waals surface area contributed by atoms with E-state index in [9.17, 15) is 4.79 Å². The lowest BCUT2D eigenvalue weighted by atomic mass is 10.2. The molecule has 0 saturated carbocycles. The van der Waals surface area contributed by atoms with Crippen molar-refractivity contribution in [3.05, 3.63) is 59.9 Å². The number of aromatic nitrogens is 3. The zero-order valence-electron chi connectivity index (χ0n) is 16.1. The highest BCUT2D eigenvalue weighted by atomic mass is 16.6. The van der Waals surface area contributed by atoms with Crippen LogP contribution in [0.3, 0.4) is 0 Å². The summed E-state index contributed by atoms with van der Waals surface area (Å²) in [5.74, 6) is 1.11. The Morgan fingerprint density at radius 3 is 2.52 bits per heavy atom. The van der Waals surface area contributed by atoms with E-state index >= 15 is 0 Å². The fraction of sp³-hybridized carbons (Fsp3) is 0.200. The molecular weight excluding hydrogens is 374 g/mol. The molecule has 3 rings (SSSR count). The predicted octanol–water partition coefficient (Wildman–Crippen LogP) is 2.64. The molecule has 0 saturated heterocycles. The van der Waals surface area contributed by atoms with Gasteiger partial charge in [0.2, 0.25) is 11.9 Å². The number of nitrogen functional groups attached to an aromatic ring is 1. The second kappa shape index (κ2) is 9.36. The van der Waals surface area contributed by atoms with Crippen molar-refractivity contribution in [1.29, 1.82) is 0 Å². The number of nitrogens with two attached hydrogens (primary N) is 1. The van der Waals surface area contributed by atoms with Crippen molar-refractivity contribution in [3.8, 4) is 11.5 Å². The number of nitrogens with one attached hydrogen (secondary N) is 1. The van der Waals surface area contributed by atoms with E-state index in [4.69, 9.17) is 19.9 Å². The quantitative estimate of drug-likeness (QED) is 0.554. The van der Waals surface area contributed by atoms with Gasteiger partial charge in [0.1, 0.15) is 11.5 Å². The molecule has 0 aliphatic carbocycles. The first-order valence-corrected chi connectivity index (χ1v) is 8.79. The Hall–Kier alpha value is -3.88. The van der Waals surface area contributed by atoms with Gasteiger partial charge in [-0.15, -0.1) is 0 Å². The number of esters is 1. The second-order valence-corrected chi connectivity index (χ2v) is 5.97. The van der Waals surface area contributed by atoms with Gasteiger partial charge < -0.3 is 25.3 Å². The zero-order chi connectivity index (χ0) is 20.6. The van der Waals surface area contributed by atoms with Crippen LogP contribution in [0.1, 0.15) is 11.4 Å². The van der Waals surface area contributed by atoms with Gasteiger partial charge in [-0.05, 0) is 30.7 Å². The predicted molar refractivity (Wildman–Crippen MR) is 107 cm³/mol. The standard InChI is InChI=1S/C20H21N5O4/c1-13-7-3-5-9-15(13)28-12-18(26)29-11-17-23-19(21)25-20(24-17)22-14-8-4-6-10-16(14)27-2/h3-10H,11-12H2,1-2H3,(H3,21,22,23,24,25). The number of rotatable bonds is 8. The molecule has 9 heteroatoms. The van der Waals surface area contributed by atoms with Crippen molar-refractivity contribution < 1.29 is 19.0 Å². The van der Waals surface area contributed by atoms with Crippen molar-refractivity contribution in [1.82, 2.24) is 15.0 Å². The summed E-state index contributed by atoms with van der Waals surface area (Å²) in [6, 6.07) is 14.7. The monoisotopic (exact) mass is 395 g/mol. The van der Waals surface area contributed by atoms with E-state index in [0.717, 1.165) is 5.56 Å². The fourth-order valence-corrected chi connectivity index (χ4v) is 2.47. The molecule has 0 aliphatic heterocycles. The Morgan fingerprint density at radius 1 is 1.03 bits per heavy atom. The molecule has 0 atom stereocenters. The Kier molecular flexibility index (Phi) is 6.41. The van der Waals surface area contributed by atoms with Gasteiger partial charge in [0.15, 0.2) is 19.0 Å². The number of ether oxygens (including phenoxy) is 3. The van der Waals surface area contributed by atoms with E-state index in [1.54, 1.807) is 25.3 Å². The first-order chi connectivity index (χ1) is 14.0. The first-order valence-electron chi connectivity index (χ1n) is 8.79. The Balaban J connectivity index is 1.59. The number of nitrogens with zero attached hydrogens (tertiary/aromatic N) is 3. The van der Waals surface area contributed by atoms with Gasteiger partial charge in [0, 0.05) is 0 Å². The highest BCUT2D eigenvalue weighted by Gasteiger charge is 2.11. The fourth-order valence-electron chi connectivity index (χ4n) is 2.47. The van der Waals surface area contributed by atoms with E-state index in [1.165, 1.54) is 0 Å². The van der Waals surface area contributed by atoms with E-state index in [0.29, 0.717) is 17.2 Å². The first kappa shape index (κ1) is 19.9. The minimum absolute atomic E-state index is 0.000364. The minimum Gasteiger partial charge on any atom is -0.495 e. The van der Waals surface area contributed by atoms with Crippen molar-refractivity contribution in [2.45, 2.75) is 13.5 Å². The summed E-state index contributed by atoms with van der Waals surface area (Å²) < 4.78 is 15.9. The molecule has 0 amide bonds. The lowest BCUT2D eigenvalue weighted by molar-refractivity contribution is -0.147. The number of carbonyl (C=O) groups is 1. The molecule has 0 bridgehead atoms. The van der Waals surface area contributed by atoms with Crippen LogP contribution < -0.4 is 20.5 Å². The van der Waals surface area contributed by atoms with E-state index in [2.05, 4.69) is 20.3 Å². The van der Waals surface area contributed by atoms with E-state index in [1.807, 2.05) is 37.3 Å². The van der Waals surface area contributed by atoms with Crippen molar-refractivity contribution in [2.24, 2.45) is 0 Å². The zero-order valence-corrected chi connectivity index (χ0v) is 16.1. The molecule has 2 aromatic carbocycles. The van der Waals surface area contributed by atoms with E-state index < -0.39 is 5.97 Å². The topological polar surface area (TPSA) is 121 Å². The smallest absolute Gasteiger partial charge is 0.344 e. The van der Waals surface area contributed by atoms with Crippen molar-refractivity contribution in [2.75, 3.05) is 24.8 Å². The van der Waals surface area contributed by atoms with Gasteiger partial charge in [0.05, 0.1) is 12.8 Å². The van der Waals surface area contributed by atoms with Crippen LogP contribution in [-0.2, 0) is 16.1 Å². The molecule has 0 aliphatic rings. The normalized spacial score (nSPS) is 10.3. The van der Waals surface area contributed by atoms with Crippen LogP contribution in [0.5, 0.6) is 11.5 Å². The molecule has 150 valence electrons. The summed E-state index contributed by atoms with van der Waals surface area (Å²) in [6.07, 6.45) is 0. The molecule has 0 radical (unpaired) electrons. The molecule has 0 spiro atoms. The van der Waals surface area contributed by atoms with Crippen LogP contribution in [0, 0.1) is 6.92 Å². The average Bonchev–Trinajstić information content (AvgIpc) is 2.71. The third kappa shape index (κ3) is 5.55. The Bertz CT molecular complexity index is 996. The summed E-state index contributed by atoms with van der Waals surface area (Å²) in [7, 11) is 1.56. The summed E-state index contributed by atoms with van der Waals surface area (Å²) in [5.41, 5.74) is 7.33. The number of carbonyl (C=O) groups excluding carboxylic acids is 1. The van der Waals surface area contributed by atoms with Crippen molar-refractivity contribution >= 4 is 23.6 Å². The largest absolute Gasteiger partial charge is 0.495 e. The summed E-state index contributed by atoms with van der Waals surface area (Å²) in [4.78, 5) is 24.2. The summed E-state index contributed by atoms with van der Waals surface area (Å²) in [6.45, 7) is 1.51. The van der Waals surface area contributed by atoms with Gasteiger partial charge in [0.25, 0.3) is 0 Å². The van der Waals surface area contributed by atoms with Crippen LogP contribution in [0.15, 0.2) is 48.5 Å².